The molecule has 1 aliphatic heterocycles. The van der Waals surface area contributed by atoms with Gasteiger partial charge in [0.05, 0.1) is 6.54 Å². The van der Waals surface area contributed by atoms with Crippen molar-refractivity contribution in [1.29, 1.82) is 0 Å². The summed E-state index contributed by atoms with van der Waals surface area (Å²) < 4.78 is 1.83. The van der Waals surface area contributed by atoms with Crippen LogP contribution in [0.25, 0.3) is 0 Å². The number of hydrogen-bond acceptors (Lipinski definition) is 3. The van der Waals surface area contributed by atoms with E-state index in [1.807, 2.05) is 51.8 Å². The Morgan fingerprint density at radius 2 is 1.95 bits per heavy atom. The topological polar surface area (TPSA) is 50.2 Å². The smallest absolute Gasteiger partial charge is 0.323 e. The SMILES string of the molecule is O=C(Nc1ccn(Cc2ccccc2)n1)N1CCSCC1. The van der Waals surface area contributed by atoms with Gasteiger partial charge in [-0.2, -0.15) is 16.9 Å². The third-order valence-electron chi connectivity index (χ3n) is 3.36. The Hall–Kier alpha value is -1.95. The van der Waals surface area contributed by atoms with Gasteiger partial charge in [0.15, 0.2) is 5.82 Å². The van der Waals surface area contributed by atoms with Crippen LogP contribution >= 0.6 is 11.8 Å². The highest BCUT2D eigenvalue weighted by molar-refractivity contribution is 7.99. The van der Waals surface area contributed by atoms with Crippen molar-refractivity contribution < 1.29 is 4.79 Å². The molecule has 0 radical (unpaired) electrons. The average molecular weight is 302 g/mol. The number of benzene rings is 1. The van der Waals surface area contributed by atoms with Gasteiger partial charge in [-0.25, -0.2) is 4.79 Å². The summed E-state index contributed by atoms with van der Waals surface area (Å²) in [6, 6.07) is 11.9. The van der Waals surface area contributed by atoms with E-state index in [4.69, 9.17) is 0 Å². The fraction of sp³-hybridized carbons (Fsp3) is 0.333. The first-order valence-electron chi connectivity index (χ1n) is 7.02. The number of amides is 2. The summed E-state index contributed by atoms with van der Waals surface area (Å²) in [5, 5.41) is 7.26. The van der Waals surface area contributed by atoms with Crippen LogP contribution in [0.2, 0.25) is 0 Å². The monoisotopic (exact) mass is 302 g/mol. The number of aromatic nitrogens is 2. The molecule has 1 aromatic heterocycles. The Morgan fingerprint density at radius 1 is 1.19 bits per heavy atom. The van der Waals surface area contributed by atoms with Crippen LogP contribution in [0.15, 0.2) is 42.6 Å². The van der Waals surface area contributed by atoms with Crippen molar-refractivity contribution in [2.24, 2.45) is 0 Å². The first-order chi connectivity index (χ1) is 10.3. The number of rotatable bonds is 3. The van der Waals surface area contributed by atoms with Crippen molar-refractivity contribution in [3.8, 4) is 0 Å². The highest BCUT2D eigenvalue weighted by Gasteiger charge is 2.17. The molecule has 110 valence electrons. The molecule has 0 unspecified atom stereocenters. The van der Waals surface area contributed by atoms with Gasteiger partial charge in [0.25, 0.3) is 0 Å². The van der Waals surface area contributed by atoms with Crippen LogP contribution in [0, 0.1) is 0 Å². The van der Waals surface area contributed by atoms with Crippen LogP contribution in [0.4, 0.5) is 10.6 Å². The Morgan fingerprint density at radius 3 is 2.71 bits per heavy atom. The molecule has 0 aliphatic carbocycles. The Labute approximate surface area is 128 Å². The number of hydrogen-bond donors (Lipinski definition) is 1. The van der Waals surface area contributed by atoms with E-state index < -0.39 is 0 Å². The minimum atomic E-state index is -0.0553. The summed E-state index contributed by atoms with van der Waals surface area (Å²) in [6.45, 7) is 2.32. The van der Waals surface area contributed by atoms with Gasteiger partial charge < -0.3 is 4.90 Å². The summed E-state index contributed by atoms with van der Waals surface area (Å²) in [5.41, 5.74) is 1.19. The van der Waals surface area contributed by atoms with E-state index in [9.17, 15) is 4.79 Å². The predicted octanol–water partition coefficient (Wildman–Crippen LogP) is 2.51. The molecular weight excluding hydrogens is 284 g/mol. The van der Waals surface area contributed by atoms with Crippen molar-refractivity contribution in [1.82, 2.24) is 14.7 Å². The van der Waals surface area contributed by atoms with E-state index in [-0.39, 0.29) is 6.03 Å². The molecule has 5 nitrogen and oxygen atoms in total. The van der Waals surface area contributed by atoms with Crippen molar-refractivity contribution in [3.05, 3.63) is 48.2 Å². The number of urea groups is 1. The predicted molar refractivity (Wildman–Crippen MR) is 85.7 cm³/mol. The molecule has 1 aliphatic rings. The molecule has 0 atom stereocenters. The molecular formula is C15H18N4OS. The molecule has 1 N–H and O–H groups in total. The Bertz CT molecular complexity index is 593. The zero-order valence-electron chi connectivity index (χ0n) is 11.7. The minimum absolute atomic E-state index is 0.0553. The van der Waals surface area contributed by atoms with E-state index in [0.717, 1.165) is 24.6 Å². The van der Waals surface area contributed by atoms with Gasteiger partial charge in [0.1, 0.15) is 0 Å². The van der Waals surface area contributed by atoms with Crippen LogP contribution in [0.3, 0.4) is 0 Å². The van der Waals surface area contributed by atoms with Crippen molar-refractivity contribution in [2.45, 2.75) is 6.54 Å². The third kappa shape index (κ3) is 3.78. The number of nitrogens with zero attached hydrogens (tertiary/aromatic N) is 3. The molecule has 0 bridgehead atoms. The zero-order valence-corrected chi connectivity index (χ0v) is 12.6. The van der Waals surface area contributed by atoms with E-state index in [1.165, 1.54) is 5.56 Å². The van der Waals surface area contributed by atoms with Gasteiger partial charge in [-0.3, -0.25) is 10.00 Å². The van der Waals surface area contributed by atoms with Crippen LogP contribution in [0.1, 0.15) is 5.56 Å². The van der Waals surface area contributed by atoms with E-state index in [0.29, 0.717) is 12.4 Å². The molecule has 0 saturated carbocycles. The maximum absolute atomic E-state index is 12.1. The lowest BCUT2D eigenvalue weighted by Gasteiger charge is -2.26. The highest BCUT2D eigenvalue weighted by atomic mass is 32.2. The lowest BCUT2D eigenvalue weighted by Crippen LogP contribution is -2.40. The van der Waals surface area contributed by atoms with Crippen molar-refractivity contribution in [2.75, 3.05) is 29.9 Å². The standard InChI is InChI=1S/C15H18N4OS/c20-15(18-8-10-21-11-9-18)16-14-6-7-19(17-14)12-13-4-2-1-3-5-13/h1-7H,8-12H2,(H,16,17,20). The second-order valence-electron chi connectivity index (χ2n) is 4.91. The number of carbonyl (C=O) groups excluding carboxylic acids is 1. The fourth-order valence-corrected chi connectivity index (χ4v) is 3.15. The fourth-order valence-electron chi connectivity index (χ4n) is 2.24. The van der Waals surface area contributed by atoms with Gasteiger partial charge in [0.2, 0.25) is 0 Å². The number of anilines is 1. The third-order valence-corrected chi connectivity index (χ3v) is 4.30. The van der Waals surface area contributed by atoms with E-state index in [1.54, 1.807) is 0 Å². The van der Waals surface area contributed by atoms with Gasteiger partial charge in [-0.1, -0.05) is 30.3 Å². The van der Waals surface area contributed by atoms with Gasteiger partial charge in [0, 0.05) is 36.9 Å². The normalized spacial score (nSPS) is 15.0. The second kappa shape index (κ2) is 6.67. The van der Waals surface area contributed by atoms with Crippen LogP contribution in [0.5, 0.6) is 0 Å². The highest BCUT2D eigenvalue weighted by Crippen LogP contribution is 2.12. The van der Waals surface area contributed by atoms with Crippen molar-refractivity contribution in [3.63, 3.8) is 0 Å². The summed E-state index contributed by atoms with van der Waals surface area (Å²) in [5.74, 6) is 2.63. The lowest BCUT2D eigenvalue weighted by atomic mass is 10.2. The molecule has 1 aromatic carbocycles. The molecule has 6 heteroatoms. The van der Waals surface area contributed by atoms with E-state index in [2.05, 4.69) is 22.5 Å². The summed E-state index contributed by atoms with van der Waals surface area (Å²) in [7, 11) is 0. The van der Waals surface area contributed by atoms with Crippen LogP contribution in [-0.4, -0.2) is 45.3 Å². The Kier molecular flexibility index (Phi) is 4.45. The first-order valence-corrected chi connectivity index (χ1v) is 8.18. The summed E-state index contributed by atoms with van der Waals surface area (Å²) in [4.78, 5) is 13.9. The maximum Gasteiger partial charge on any atom is 0.323 e. The van der Waals surface area contributed by atoms with Crippen LogP contribution < -0.4 is 5.32 Å². The van der Waals surface area contributed by atoms with Gasteiger partial charge in [-0.15, -0.1) is 0 Å². The first kappa shape index (κ1) is 14.0. The second-order valence-corrected chi connectivity index (χ2v) is 6.14. The van der Waals surface area contributed by atoms with E-state index >= 15 is 0 Å². The molecule has 21 heavy (non-hydrogen) atoms. The number of nitrogens with one attached hydrogen (secondary N) is 1. The molecule has 1 fully saturated rings. The maximum atomic E-state index is 12.1. The largest absolute Gasteiger partial charge is 0.323 e. The van der Waals surface area contributed by atoms with Crippen LogP contribution in [-0.2, 0) is 6.54 Å². The summed E-state index contributed by atoms with van der Waals surface area (Å²) >= 11 is 1.89. The minimum Gasteiger partial charge on any atom is -0.323 e. The number of thioether (sulfide) groups is 1. The summed E-state index contributed by atoms with van der Waals surface area (Å²) in [6.07, 6.45) is 1.88. The lowest BCUT2D eigenvalue weighted by molar-refractivity contribution is 0.217. The molecule has 2 amide bonds. The molecule has 2 aromatic rings. The zero-order chi connectivity index (χ0) is 14.5. The number of carbonyl (C=O) groups is 1. The quantitative estimate of drug-likeness (QED) is 0.948. The molecule has 2 heterocycles. The van der Waals surface area contributed by atoms with Crippen molar-refractivity contribution >= 4 is 23.6 Å². The molecule has 3 rings (SSSR count). The molecule has 1 saturated heterocycles. The molecule has 0 spiro atoms. The average Bonchev–Trinajstić information content (AvgIpc) is 2.96. The Balaban J connectivity index is 1.58. The van der Waals surface area contributed by atoms with Gasteiger partial charge >= 0.3 is 6.03 Å². The van der Waals surface area contributed by atoms with Gasteiger partial charge in [-0.05, 0) is 5.56 Å².